The summed E-state index contributed by atoms with van der Waals surface area (Å²) >= 11 is 0.957. The first-order chi connectivity index (χ1) is 17.5. The Morgan fingerprint density at radius 3 is 2.47 bits per heavy atom. The number of ether oxygens (including phenoxy) is 2. The van der Waals surface area contributed by atoms with E-state index >= 15 is 0 Å². The Hall–Kier alpha value is -3.77. The van der Waals surface area contributed by atoms with Gasteiger partial charge in [-0.3, -0.25) is 14.5 Å². The van der Waals surface area contributed by atoms with Crippen molar-refractivity contribution in [3.63, 3.8) is 0 Å². The lowest BCUT2D eigenvalue weighted by Gasteiger charge is -2.17. The average molecular weight is 500 g/mol. The van der Waals surface area contributed by atoms with Gasteiger partial charge in [0.25, 0.3) is 11.1 Å². The van der Waals surface area contributed by atoms with E-state index in [0.717, 1.165) is 39.6 Å². The summed E-state index contributed by atoms with van der Waals surface area (Å²) in [5, 5.41) is -0.271. The number of allylic oxidation sites excluding steroid dienone is 1. The molecule has 0 spiro atoms. The lowest BCUT2D eigenvalue weighted by atomic mass is 10.0. The fourth-order valence-corrected chi connectivity index (χ4v) is 4.85. The van der Waals surface area contributed by atoms with Crippen molar-refractivity contribution >= 4 is 29.0 Å². The minimum Gasteiger partial charge on any atom is -0.490 e. The first-order valence-corrected chi connectivity index (χ1v) is 12.7. The number of carbonyl (C=O) groups is 2. The van der Waals surface area contributed by atoms with Gasteiger partial charge in [0.15, 0.2) is 11.5 Å². The number of rotatable bonds is 10. The minimum absolute atomic E-state index is 0.252. The highest BCUT2D eigenvalue weighted by Gasteiger charge is 2.35. The lowest BCUT2D eigenvalue weighted by molar-refractivity contribution is -0.123. The van der Waals surface area contributed by atoms with Crippen LogP contribution in [0.15, 0.2) is 84.3 Å². The molecule has 0 bridgehead atoms. The molecule has 0 aliphatic carbocycles. The SMILES string of the molecule is C=CCc1cc(/C=C2\SC(=O)N(Cc3cccc(C)c3)C2=O)cc(OCC)c1OCc1ccccc1. The molecule has 1 aliphatic heterocycles. The maximum atomic E-state index is 13.1. The van der Waals surface area contributed by atoms with Crippen molar-refractivity contribution in [3.05, 3.63) is 112 Å². The molecule has 0 atom stereocenters. The van der Waals surface area contributed by atoms with Crippen molar-refractivity contribution in [2.24, 2.45) is 0 Å². The van der Waals surface area contributed by atoms with Crippen LogP contribution in [-0.2, 0) is 24.4 Å². The Kier molecular flexibility index (Phi) is 8.28. The summed E-state index contributed by atoms with van der Waals surface area (Å²) in [7, 11) is 0. The molecular formula is C30H29NO4S. The summed E-state index contributed by atoms with van der Waals surface area (Å²) in [6.07, 6.45) is 4.12. The van der Waals surface area contributed by atoms with Gasteiger partial charge in [-0.1, -0.05) is 66.2 Å². The van der Waals surface area contributed by atoms with Gasteiger partial charge >= 0.3 is 0 Å². The Bertz CT molecular complexity index is 1300. The molecule has 1 fully saturated rings. The number of hydrogen-bond donors (Lipinski definition) is 0. The highest BCUT2D eigenvalue weighted by molar-refractivity contribution is 8.18. The van der Waals surface area contributed by atoms with E-state index in [1.807, 2.05) is 80.6 Å². The van der Waals surface area contributed by atoms with Crippen LogP contribution >= 0.6 is 11.8 Å². The van der Waals surface area contributed by atoms with Crippen LogP contribution < -0.4 is 9.47 Å². The maximum Gasteiger partial charge on any atom is 0.293 e. The van der Waals surface area contributed by atoms with Crippen LogP contribution in [0.4, 0.5) is 4.79 Å². The Balaban J connectivity index is 1.61. The smallest absolute Gasteiger partial charge is 0.293 e. The van der Waals surface area contributed by atoms with Crippen molar-refractivity contribution < 1.29 is 19.1 Å². The fourth-order valence-electron chi connectivity index (χ4n) is 4.01. The van der Waals surface area contributed by atoms with Crippen LogP contribution in [-0.4, -0.2) is 22.7 Å². The van der Waals surface area contributed by atoms with Crippen molar-refractivity contribution in [2.45, 2.75) is 33.4 Å². The average Bonchev–Trinajstić information content (AvgIpc) is 3.12. The summed E-state index contributed by atoms with van der Waals surface area (Å²) in [6, 6.07) is 21.6. The van der Waals surface area contributed by atoms with Gasteiger partial charge in [-0.25, -0.2) is 0 Å². The number of hydrogen-bond acceptors (Lipinski definition) is 5. The lowest BCUT2D eigenvalue weighted by Crippen LogP contribution is -2.27. The van der Waals surface area contributed by atoms with E-state index in [0.29, 0.717) is 36.0 Å². The Labute approximate surface area is 216 Å². The van der Waals surface area contributed by atoms with Crippen molar-refractivity contribution in [2.75, 3.05) is 6.61 Å². The molecule has 0 saturated carbocycles. The minimum atomic E-state index is -0.292. The molecule has 36 heavy (non-hydrogen) atoms. The molecule has 0 N–H and O–H groups in total. The number of carbonyl (C=O) groups excluding carboxylic acids is 2. The van der Waals surface area contributed by atoms with E-state index in [1.165, 1.54) is 4.90 Å². The normalized spacial score (nSPS) is 14.4. The number of imide groups is 1. The summed E-state index contributed by atoms with van der Waals surface area (Å²) in [6.45, 7) is 8.90. The van der Waals surface area contributed by atoms with E-state index in [-0.39, 0.29) is 17.7 Å². The molecule has 3 aromatic carbocycles. The van der Waals surface area contributed by atoms with Crippen LogP contribution in [0.25, 0.3) is 6.08 Å². The molecule has 0 radical (unpaired) electrons. The molecule has 3 aromatic rings. The van der Waals surface area contributed by atoms with Crippen LogP contribution in [0.3, 0.4) is 0 Å². The van der Waals surface area contributed by atoms with Gasteiger partial charge in [0.1, 0.15) is 6.61 Å². The zero-order valence-corrected chi connectivity index (χ0v) is 21.3. The highest BCUT2D eigenvalue weighted by atomic mass is 32.2. The molecule has 4 rings (SSSR count). The monoisotopic (exact) mass is 499 g/mol. The second-order valence-electron chi connectivity index (χ2n) is 8.46. The number of nitrogens with zero attached hydrogens (tertiary/aromatic N) is 1. The standard InChI is InChI=1S/C30H29NO4S/c1-4-10-25-16-24(17-26(34-5-2)28(25)35-20-22-12-7-6-8-13-22)18-27-29(32)31(30(33)36-27)19-23-14-9-11-21(3)15-23/h4,6-9,11-18H,1,5,10,19-20H2,2-3H3/b27-18-. The van der Waals surface area contributed by atoms with Crippen LogP contribution in [0.5, 0.6) is 11.5 Å². The molecular weight excluding hydrogens is 470 g/mol. The maximum absolute atomic E-state index is 13.1. The van der Waals surface area contributed by atoms with Crippen molar-refractivity contribution in [3.8, 4) is 11.5 Å². The summed E-state index contributed by atoms with van der Waals surface area (Å²) in [5.74, 6) is 0.961. The molecule has 5 nitrogen and oxygen atoms in total. The fraction of sp³-hybridized carbons (Fsp3) is 0.200. The quantitative estimate of drug-likeness (QED) is 0.223. The summed E-state index contributed by atoms with van der Waals surface area (Å²) < 4.78 is 12.1. The summed E-state index contributed by atoms with van der Waals surface area (Å²) in [4.78, 5) is 27.4. The Morgan fingerprint density at radius 2 is 1.75 bits per heavy atom. The van der Waals surface area contributed by atoms with Gasteiger partial charge in [-0.2, -0.15) is 0 Å². The van der Waals surface area contributed by atoms with Gasteiger partial charge in [0, 0.05) is 5.56 Å². The molecule has 1 heterocycles. The molecule has 0 unspecified atom stereocenters. The first-order valence-electron chi connectivity index (χ1n) is 11.9. The second-order valence-corrected chi connectivity index (χ2v) is 9.46. The molecule has 184 valence electrons. The zero-order chi connectivity index (χ0) is 25.5. The van der Waals surface area contributed by atoms with E-state index in [9.17, 15) is 9.59 Å². The largest absolute Gasteiger partial charge is 0.490 e. The predicted molar refractivity (Wildman–Crippen MR) is 145 cm³/mol. The summed E-state index contributed by atoms with van der Waals surface area (Å²) in [5.41, 5.74) is 4.73. The number of amides is 2. The topological polar surface area (TPSA) is 55.8 Å². The van der Waals surface area contributed by atoms with Crippen LogP contribution in [0, 0.1) is 6.92 Å². The number of benzene rings is 3. The molecule has 1 saturated heterocycles. The number of thioether (sulfide) groups is 1. The van der Waals surface area contributed by atoms with Gasteiger partial charge in [0.2, 0.25) is 0 Å². The second kappa shape index (κ2) is 11.8. The molecule has 1 aliphatic rings. The van der Waals surface area contributed by atoms with Crippen LogP contribution in [0.1, 0.15) is 34.7 Å². The third-order valence-corrected chi connectivity index (χ3v) is 6.55. The van der Waals surface area contributed by atoms with Gasteiger partial charge in [-0.15, -0.1) is 6.58 Å². The predicted octanol–water partition coefficient (Wildman–Crippen LogP) is 6.94. The molecule has 2 amide bonds. The van der Waals surface area contributed by atoms with E-state index < -0.39 is 0 Å². The number of aryl methyl sites for hydroxylation is 1. The van der Waals surface area contributed by atoms with Gasteiger partial charge in [0.05, 0.1) is 18.1 Å². The third-order valence-electron chi connectivity index (χ3n) is 5.64. The van der Waals surface area contributed by atoms with Crippen molar-refractivity contribution in [1.29, 1.82) is 0 Å². The van der Waals surface area contributed by atoms with Crippen LogP contribution in [0.2, 0.25) is 0 Å². The highest BCUT2D eigenvalue weighted by Crippen LogP contribution is 2.38. The van der Waals surface area contributed by atoms with E-state index in [4.69, 9.17) is 9.47 Å². The zero-order valence-electron chi connectivity index (χ0n) is 20.5. The van der Waals surface area contributed by atoms with Gasteiger partial charge < -0.3 is 9.47 Å². The van der Waals surface area contributed by atoms with Crippen molar-refractivity contribution in [1.82, 2.24) is 4.90 Å². The Morgan fingerprint density at radius 1 is 0.972 bits per heavy atom. The first kappa shape index (κ1) is 25.3. The van der Waals surface area contributed by atoms with Gasteiger partial charge in [-0.05, 0) is 66.9 Å². The third kappa shape index (κ3) is 6.07. The van der Waals surface area contributed by atoms with E-state index in [1.54, 1.807) is 12.2 Å². The van der Waals surface area contributed by atoms with E-state index in [2.05, 4.69) is 6.58 Å². The molecule has 0 aromatic heterocycles. The molecule has 6 heteroatoms.